The number of nitro benzene ring substituents is 1. The van der Waals surface area contributed by atoms with Crippen molar-refractivity contribution in [2.24, 2.45) is 0 Å². The largest absolute Gasteiger partial charge is 0.377 e. The van der Waals surface area contributed by atoms with Gasteiger partial charge in [0.25, 0.3) is 5.69 Å². The number of aromatic nitrogens is 1. The molecule has 0 saturated heterocycles. The van der Waals surface area contributed by atoms with E-state index in [1.54, 1.807) is 18.3 Å². The molecule has 0 aliphatic carbocycles. The van der Waals surface area contributed by atoms with E-state index in [0.717, 1.165) is 16.9 Å². The molecular formula is C14H15N3O2. The van der Waals surface area contributed by atoms with Crippen LogP contribution in [0.25, 0.3) is 0 Å². The summed E-state index contributed by atoms with van der Waals surface area (Å²) in [7, 11) is 0. The highest BCUT2D eigenvalue weighted by Crippen LogP contribution is 2.23. The normalized spacial score (nSPS) is 11.9. The quantitative estimate of drug-likeness (QED) is 0.672. The van der Waals surface area contributed by atoms with Crippen LogP contribution in [-0.4, -0.2) is 9.91 Å². The van der Waals surface area contributed by atoms with Gasteiger partial charge in [0, 0.05) is 24.4 Å². The Morgan fingerprint density at radius 1 is 1.32 bits per heavy atom. The Labute approximate surface area is 111 Å². The Morgan fingerprint density at radius 2 is 2.11 bits per heavy atom. The molecule has 1 heterocycles. The van der Waals surface area contributed by atoms with Gasteiger partial charge in [-0.05, 0) is 31.5 Å². The van der Waals surface area contributed by atoms with E-state index in [-0.39, 0.29) is 16.7 Å². The minimum atomic E-state index is -0.383. The molecule has 0 saturated carbocycles. The fourth-order valence-corrected chi connectivity index (χ4v) is 1.86. The number of nitrogens with one attached hydrogen (secondary N) is 1. The zero-order chi connectivity index (χ0) is 13.8. The van der Waals surface area contributed by atoms with Crippen LogP contribution >= 0.6 is 0 Å². The van der Waals surface area contributed by atoms with E-state index < -0.39 is 0 Å². The highest BCUT2D eigenvalue weighted by Gasteiger charge is 2.11. The van der Waals surface area contributed by atoms with E-state index in [9.17, 15) is 10.1 Å². The predicted octanol–water partition coefficient (Wildman–Crippen LogP) is 3.47. The van der Waals surface area contributed by atoms with Crippen LogP contribution in [0.4, 0.5) is 11.4 Å². The number of non-ortho nitro benzene ring substituents is 1. The smallest absolute Gasteiger partial charge is 0.269 e. The molecule has 19 heavy (non-hydrogen) atoms. The first-order valence-corrected chi connectivity index (χ1v) is 6.00. The van der Waals surface area contributed by atoms with Crippen molar-refractivity contribution in [2.45, 2.75) is 19.9 Å². The fourth-order valence-electron chi connectivity index (χ4n) is 1.86. The van der Waals surface area contributed by atoms with Crippen molar-refractivity contribution in [3.05, 3.63) is 64.0 Å². The molecule has 5 nitrogen and oxygen atoms in total. The maximum Gasteiger partial charge on any atom is 0.269 e. The van der Waals surface area contributed by atoms with Crippen molar-refractivity contribution in [1.29, 1.82) is 0 Å². The Hall–Kier alpha value is -2.43. The first kappa shape index (κ1) is 13.0. The highest BCUT2D eigenvalue weighted by atomic mass is 16.6. The van der Waals surface area contributed by atoms with Crippen molar-refractivity contribution >= 4 is 11.4 Å². The maximum atomic E-state index is 10.8. The number of anilines is 1. The van der Waals surface area contributed by atoms with Gasteiger partial charge in [-0.15, -0.1) is 0 Å². The molecule has 0 fully saturated rings. The van der Waals surface area contributed by atoms with E-state index in [1.807, 2.05) is 32.0 Å². The molecule has 0 spiro atoms. The minimum Gasteiger partial charge on any atom is -0.377 e. The molecule has 2 aromatic rings. The minimum absolute atomic E-state index is 0.0252. The number of benzene rings is 1. The molecule has 1 aromatic heterocycles. The first-order chi connectivity index (χ1) is 9.08. The third kappa shape index (κ3) is 3.07. The molecule has 0 amide bonds. The number of nitro groups is 1. The Balaban J connectivity index is 2.20. The van der Waals surface area contributed by atoms with Crippen molar-refractivity contribution in [1.82, 2.24) is 4.98 Å². The third-order valence-electron chi connectivity index (χ3n) is 2.96. The van der Waals surface area contributed by atoms with Crippen LogP contribution in [0.5, 0.6) is 0 Å². The first-order valence-electron chi connectivity index (χ1n) is 6.00. The maximum absolute atomic E-state index is 10.8. The SMILES string of the molecule is Cc1ncccc1NC(C)c1cccc([N+](=O)[O-])c1. The van der Waals surface area contributed by atoms with Crippen LogP contribution in [-0.2, 0) is 0 Å². The lowest BCUT2D eigenvalue weighted by molar-refractivity contribution is -0.384. The number of rotatable bonds is 4. The van der Waals surface area contributed by atoms with E-state index in [1.165, 1.54) is 6.07 Å². The molecule has 0 aliphatic heterocycles. The third-order valence-corrected chi connectivity index (χ3v) is 2.96. The molecule has 98 valence electrons. The summed E-state index contributed by atoms with van der Waals surface area (Å²) in [4.78, 5) is 14.6. The van der Waals surface area contributed by atoms with Crippen LogP contribution in [0.15, 0.2) is 42.6 Å². The standard InChI is InChI=1S/C14H15N3O2/c1-10(16-14-7-4-8-15-11(14)2)12-5-3-6-13(9-12)17(18)19/h3-10,16H,1-2H3. The number of aryl methyl sites for hydroxylation is 1. The van der Waals surface area contributed by atoms with Gasteiger partial charge in [0.1, 0.15) is 0 Å². The van der Waals surface area contributed by atoms with Gasteiger partial charge in [0.2, 0.25) is 0 Å². The van der Waals surface area contributed by atoms with Crippen LogP contribution < -0.4 is 5.32 Å². The van der Waals surface area contributed by atoms with Crippen molar-refractivity contribution in [3.8, 4) is 0 Å². The molecule has 5 heteroatoms. The van der Waals surface area contributed by atoms with Crippen molar-refractivity contribution in [3.63, 3.8) is 0 Å². The van der Waals surface area contributed by atoms with Crippen molar-refractivity contribution in [2.75, 3.05) is 5.32 Å². The van der Waals surface area contributed by atoms with E-state index >= 15 is 0 Å². The molecule has 0 bridgehead atoms. The number of nitrogens with zero attached hydrogens (tertiary/aromatic N) is 2. The zero-order valence-electron chi connectivity index (χ0n) is 10.8. The lowest BCUT2D eigenvalue weighted by atomic mass is 10.1. The second kappa shape index (κ2) is 5.48. The summed E-state index contributed by atoms with van der Waals surface area (Å²) in [5.41, 5.74) is 2.81. The lowest BCUT2D eigenvalue weighted by Gasteiger charge is -2.16. The molecule has 0 aliphatic rings. The molecule has 1 N–H and O–H groups in total. The van der Waals surface area contributed by atoms with E-state index in [2.05, 4.69) is 10.3 Å². The average molecular weight is 257 g/mol. The number of pyridine rings is 1. The van der Waals surface area contributed by atoms with Gasteiger partial charge in [-0.1, -0.05) is 12.1 Å². The van der Waals surface area contributed by atoms with Gasteiger partial charge in [0.05, 0.1) is 16.3 Å². The fraction of sp³-hybridized carbons (Fsp3) is 0.214. The predicted molar refractivity (Wildman–Crippen MR) is 74.1 cm³/mol. The summed E-state index contributed by atoms with van der Waals surface area (Å²) in [5.74, 6) is 0. The second-order valence-corrected chi connectivity index (χ2v) is 4.35. The molecule has 1 aromatic carbocycles. The molecule has 1 unspecified atom stereocenters. The van der Waals surface area contributed by atoms with Crippen molar-refractivity contribution < 1.29 is 4.92 Å². The van der Waals surface area contributed by atoms with Crippen LogP contribution in [0.2, 0.25) is 0 Å². The molecule has 0 radical (unpaired) electrons. The monoisotopic (exact) mass is 257 g/mol. The van der Waals surface area contributed by atoms with Gasteiger partial charge in [0.15, 0.2) is 0 Å². The Morgan fingerprint density at radius 3 is 2.79 bits per heavy atom. The molecule has 1 atom stereocenters. The summed E-state index contributed by atoms with van der Waals surface area (Å²) >= 11 is 0. The second-order valence-electron chi connectivity index (χ2n) is 4.35. The lowest BCUT2D eigenvalue weighted by Crippen LogP contribution is -2.08. The van der Waals surface area contributed by atoms with E-state index in [4.69, 9.17) is 0 Å². The Kier molecular flexibility index (Phi) is 3.75. The molecule has 2 rings (SSSR count). The zero-order valence-corrected chi connectivity index (χ0v) is 10.8. The van der Waals surface area contributed by atoms with Crippen LogP contribution in [0.3, 0.4) is 0 Å². The van der Waals surface area contributed by atoms with Gasteiger partial charge < -0.3 is 5.32 Å². The summed E-state index contributed by atoms with van der Waals surface area (Å²) in [6.07, 6.45) is 1.73. The van der Waals surface area contributed by atoms with Gasteiger partial charge >= 0.3 is 0 Å². The number of hydrogen-bond acceptors (Lipinski definition) is 4. The summed E-state index contributed by atoms with van der Waals surface area (Å²) in [6, 6.07) is 10.4. The number of hydrogen-bond donors (Lipinski definition) is 1. The Bertz CT molecular complexity index is 599. The van der Waals surface area contributed by atoms with Crippen LogP contribution in [0.1, 0.15) is 24.2 Å². The van der Waals surface area contributed by atoms with Gasteiger partial charge in [-0.2, -0.15) is 0 Å². The van der Waals surface area contributed by atoms with E-state index in [0.29, 0.717) is 0 Å². The summed E-state index contributed by atoms with van der Waals surface area (Å²) in [5, 5.41) is 14.1. The molecular weight excluding hydrogens is 242 g/mol. The summed E-state index contributed by atoms with van der Waals surface area (Å²) < 4.78 is 0. The summed E-state index contributed by atoms with van der Waals surface area (Å²) in [6.45, 7) is 3.88. The van der Waals surface area contributed by atoms with Crippen LogP contribution in [0, 0.1) is 17.0 Å². The highest BCUT2D eigenvalue weighted by molar-refractivity contribution is 5.49. The van der Waals surface area contributed by atoms with Gasteiger partial charge in [-0.25, -0.2) is 0 Å². The van der Waals surface area contributed by atoms with Gasteiger partial charge in [-0.3, -0.25) is 15.1 Å². The topological polar surface area (TPSA) is 68.1 Å². The average Bonchev–Trinajstić information content (AvgIpc) is 2.41.